The molecule has 4 nitrogen and oxygen atoms in total. The Balaban J connectivity index is 1.83. The van der Waals surface area contributed by atoms with Crippen molar-refractivity contribution in [2.75, 3.05) is 19.6 Å². The second kappa shape index (κ2) is 6.88. The molecule has 1 fully saturated rings. The lowest BCUT2D eigenvalue weighted by Gasteiger charge is -2.27. The summed E-state index contributed by atoms with van der Waals surface area (Å²) in [6.45, 7) is 5.36. The maximum absolute atomic E-state index is 13.1. The third-order valence-electron chi connectivity index (χ3n) is 5.15. The molecule has 0 radical (unpaired) electrons. The van der Waals surface area contributed by atoms with Crippen LogP contribution in [0.25, 0.3) is 21.9 Å². The van der Waals surface area contributed by atoms with Crippen molar-refractivity contribution in [1.29, 1.82) is 0 Å². The molecule has 3 aromatic carbocycles. The Morgan fingerprint density at radius 2 is 1.70 bits per heavy atom. The van der Waals surface area contributed by atoms with E-state index in [1.807, 2.05) is 30.3 Å². The van der Waals surface area contributed by atoms with Gasteiger partial charge in [-0.2, -0.15) is 0 Å². The molecule has 4 rings (SSSR count). The summed E-state index contributed by atoms with van der Waals surface area (Å²) in [4.78, 5) is 26.4. The van der Waals surface area contributed by atoms with Crippen LogP contribution in [0.2, 0.25) is 0 Å². The molecule has 1 N–H and O–H groups in total. The molecule has 0 saturated carbocycles. The van der Waals surface area contributed by atoms with Gasteiger partial charge in [0.2, 0.25) is 5.91 Å². The van der Waals surface area contributed by atoms with Crippen molar-refractivity contribution in [1.82, 2.24) is 10.2 Å². The maximum atomic E-state index is 13.1. The Labute approximate surface area is 158 Å². The average Bonchev–Trinajstić information content (AvgIpc) is 2.67. The Kier molecular flexibility index (Phi) is 4.40. The molecular weight excluding hydrogens is 336 g/mol. The molecule has 1 heterocycles. The van der Waals surface area contributed by atoms with Crippen LogP contribution in [0.5, 0.6) is 0 Å². The van der Waals surface area contributed by atoms with E-state index in [2.05, 4.69) is 43.4 Å². The lowest BCUT2D eigenvalue weighted by atomic mass is 9.91. The number of piperazine rings is 1. The molecule has 0 aromatic heterocycles. The first kappa shape index (κ1) is 17.3. The summed E-state index contributed by atoms with van der Waals surface area (Å²) in [5.74, 6) is -0.195. The molecule has 4 heteroatoms. The summed E-state index contributed by atoms with van der Waals surface area (Å²) in [6.07, 6.45) is 0. The zero-order valence-corrected chi connectivity index (χ0v) is 15.6. The minimum Gasteiger partial charge on any atom is -0.353 e. The molecule has 0 aliphatic carbocycles. The van der Waals surface area contributed by atoms with Gasteiger partial charge in [0.1, 0.15) is 0 Å². The molecule has 0 bridgehead atoms. The molecule has 0 atom stereocenters. The van der Waals surface area contributed by atoms with E-state index in [4.69, 9.17) is 0 Å². The van der Waals surface area contributed by atoms with Gasteiger partial charge < -0.3 is 10.2 Å². The van der Waals surface area contributed by atoms with Crippen LogP contribution in [0.4, 0.5) is 0 Å². The Morgan fingerprint density at radius 1 is 0.963 bits per heavy atom. The van der Waals surface area contributed by atoms with Crippen molar-refractivity contribution in [3.63, 3.8) is 0 Å². The summed E-state index contributed by atoms with van der Waals surface area (Å²) >= 11 is 0. The summed E-state index contributed by atoms with van der Waals surface area (Å²) in [7, 11) is 0. The van der Waals surface area contributed by atoms with Gasteiger partial charge in [-0.1, -0.05) is 54.1 Å². The van der Waals surface area contributed by atoms with Crippen molar-refractivity contribution >= 4 is 22.6 Å². The highest BCUT2D eigenvalue weighted by Crippen LogP contribution is 2.33. The smallest absolute Gasteiger partial charge is 0.255 e. The van der Waals surface area contributed by atoms with Gasteiger partial charge in [-0.25, -0.2) is 0 Å². The second-order valence-corrected chi connectivity index (χ2v) is 7.10. The highest BCUT2D eigenvalue weighted by atomic mass is 16.2. The minimum absolute atomic E-state index is 0.0896. The first-order valence-corrected chi connectivity index (χ1v) is 9.20. The van der Waals surface area contributed by atoms with Gasteiger partial charge >= 0.3 is 0 Å². The number of aryl methyl sites for hydroxylation is 2. The minimum atomic E-state index is -0.106. The Morgan fingerprint density at radius 3 is 2.44 bits per heavy atom. The topological polar surface area (TPSA) is 49.4 Å². The van der Waals surface area contributed by atoms with E-state index in [1.165, 1.54) is 16.7 Å². The molecule has 136 valence electrons. The standard InChI is InChI=1S/C23H22N2O2/c1-15-7-8-17(16(2)13-15)20-9-10-21(19-6-4-3-5-18(19)20)23(27)25-12-11-24-22(26)14-25/h3-10,13H,11-12,14H2,1-2H3,(H,24,26). The van der Waals surface area contributed by atoms with E-state index in [-0.39, 0.29) is 18.4 Å². The molecule has 0 unspecified atom stereocenters. The predicted octanol–water partition coefficient (Wildman–Crippen LogP) is 3.70. The van der Waals surface area contributed by atoms with Gasteiger partial charge in [-0.3, -0.25) is 9.59 Å². The first-order chi connectivity index (χ1) is 13.0. The molecule has 27 heavy (non-hydrogen) atoms. The second-order valence-electron chi connectivity index (χ2n) is 7.10. The van der Waals surface area contributed by atoms with Crippen LogP contribution in [0.1, 0.15) is 21.5 Å². The van der Waals surface area contributed by atoms with Crippen LogP contribution < -0.4 is 5.32 Å². The largest absolute Gasteiger partial charge is 0.353 e. The highest BCUT2D eigenvalue weighted by molar-refractivity contribution is 6.11. The third-order valence-corrected chi connectivity index (χ3v) is 5.15. The fraction of sp³-hybridized carbons (Fsp3) is 0.217. The molecule has 1 aliphatic rings. The van der Waals surface area contributed by atoms with Gasteiger partial charge in [0.15, 0.2) is 0 Å². The number of hydrogen-bond donors (Lipinski definition) is 1. The fourth-order valence-electron chi connectivity index (χ4n) is 3.82. The lowest BCUT2D eigenvalue weighted by molar-refractivity contribution is -0.123. The number of nitrogens with zero attached hydrogens (tertiary/aromatic N) is 1. The molecular formula is C23H22N2O2. The number of carbonyl (C=O) groups excluding carboxylic acids is 2. The van der Waals surface area contributed by atoms with Crippen LogP contribution in [0, 0.1) is 13.8 Å². The van der Waals surface area contributed by atoms with Gasteiger partial charge in [-0.15, -0.1) is 0 Å². The van der Waals surface area contributed by atoms with Crippen LogP contribution >= 0.6 is 0 Å². The summed E-state index contributed by atoms with van der Waals surface area (Å²) in [5.41, 5.74) is 5.39. The zero-order valence-electron chi connectivity index (χ0n) is 15.6. The Hall–Kier alpha value is -3.14. The van der Waals surface area contributed by atoms with E-state index in [0.717, 1.165) is 16.3 Å². The van der Waals surface area contributed by atoms with Gasteiger partial charge in [-0.05, 0) is 47.4 Å². The Bertz CT molecular complexity index is 1060. The van der Waals surface area contributed by atoms with Crippen LogP contribution in [-0.2, 0) is 4.79 Å². The monoisotopic (exact) mass is 358 g/mol. The fourth-order valence-corrected chi connectivity index (χ4v) is 3.82. The molecule has 1 aliphatic heterocycles. The first-order valence-electron chi connectivity index (χ1n) is 9.20. The normalized spacial score (nSPS) is 14.3. The number of hydrogen-bond acceptors (Lipinski definition) is 2. The van der Waals surface area contributed by atoms with Crippen LogP contribution in [0.15, 0.2) is 54.6 Å². The van der Waals surface area contributed by atoms with Gasteiger partial charge in [0.05, 0.1) is 6.54 Å². The number of rotatable bonds is 2. The SMILES string of the molecule is Cc1ccc(-c2ccc(C(=O)N3CCNC(=O)C3)c3ccccc23)c(C)c1. The number of carbonyl (C=O) groups is 2. The summed E-state index contributed by atoms with van der Waals surface area (Å²) in [5, 5.41) is 4.74. The quantitative estimate of drug-likeness (QED) is 0.759. The van der Waals surface area contributed by atoms with Crippen molar-refractivity contribution in [2.45, 2.75) is 13.8 Å². The predicted molar refractivity (Wildman–Crippen MR) is 108 cm³/mol. The molecule has 1 saturated heterocycles. The van der Waals surface area contributed by atoms with E-state index < -0.39 is 0 Å². The van der Waals surface area contributed by atoms with Gasteiger partial charge in [0.25, 0.3) is 5.91 Å². The van der Waals surface area contributed by atoms with E-state index in [0.29, 0.717) is 18.7 Å². The van der Waals surface area contributed by atoms with Crippen LogP contribution in [0.3, 0.4) is 0 Å². The van der Waals surface area contributed by atoms with E-state index >= 15 is 0 Å². The van der Waals surface area contributed by atoms with Crippen LogP contribution in [-0.4, -0.2) is 36.3 Å². The number of nitrogens with one attached hydrogen (secondary N) is 1. The number of amides is 2. The lowest BCUT2D eigenvalue weighted by Crippen LogP contribution is -2.50. The molecule has 2 amide bonds. The van der Waals surface area contributed by atoms with Crippen molar-refractivity contribution in [2.24, 2.45) is 0 Å². The number of fused-ring (bicyclic) bond motifs is 1. The van der Waals surface area contributed by atoms with E-state index in [1.54, 1.807) is 4.90 Å². The van der Waals surface area contributed by atoms with Gasteiger partial charge in [0, 0.05) is 18.7 Å². The summed E-state index contributed by atoms with van der Waals surface area (Å²) in [6, 6.07) is 18.3. The van der Waals surface area contributed by atoms with E-state index in [9.17, 15) is 9.59 Å². The number of benzene rings is 3. The van der Waals surface area contributed by atoms with Crippen molar-refractivity contribution in [3.8, 4) is 11.1 Å². The maximum Gasteiger partial charge on any atom is 0.255 e. The highest BCUT2D eigenvalue weighted by Gasteiger charge is 2.24. The molecule has 0 spiro atoms. The zero-order chi connectivity index (χ0) is 19.0. The molecule has 3 aromatic rings. The third kappa shape index (κ3) is 3.19. The van der Waals surface area contributed by atoms with Crippen molar-refractivity contribution in [3.05, 3.63) is 71.3 Å². The van der Waals surface area contributed by atoms with Crippen molar-refractivity contribution < 1.29 is 9.59 Å². The average molecular weight is 358 g/mol. The summed E-state index contributed by atoms with van der Waals surface area (Å²) < 4.78 is 0.